The van der Waals surface area contributed by atoms with E-state index in [-0.39, 0.29) is 19.4 Å². The monoisotopic (exact) mass is 376 g/mol. The molecule has 11 nitrogen and oxygen atoms in total. The summed E-state index contributed by atoms with van der Waals surface area (Å²) in [5, 5.41) is -0.334. The summed E-state index contributed by atoms with van der Waals surface area (Å²) in [6, 6.07) is -3.51. The van der Waals surface area contributed by atoms with E-state index in [0.29, 0.717) is 9.96 Å². The van der Waals surface area contributed by atoms with E-state index in [0.717, 1.165) is 0 Å². The Morgan fingerprint density at radius 1 is 1.33 bits per heavy atom. The van der Waals surface area contributed by atoms with Crippen molar-refractivity contribution in [3.05, 3.63) is 0 Å². The molecule has 0 aromatic carbocycles. The van der Waals surface area contributed by atoms with Crippen molar-refractivity contribution in [1.29, 1.82) is 0 Å². The Morgan fingerprint density at radius 3 is 2.42 bits per heavy atom. The molecule has 4 amide bonds. The number of amides is 4. The van der Waals surface area contributed by atoms with Gasteiger partial charge < -0.3 is 4.90 Å². The summed E-state index contributed by atoms with van der Waals surface area (Å²) >= 11 is 0. The number of alkyl halides is 3. The van der Waals surface area contributed by atoms with Gasteiger partial charge in [-0.05, 0) is 12.8 Å². The lowest BCUT2D eigenvalue weighted by atomic mass is 10.00. The minimum absolute atomic E-state index is 0.0256. The molecule has 2 aliphatic heterocycles. The Hall–Kier alpha value is -1.97. The molecule has 2 atom stereocenters. The maximum atomic E-state index is 12.3. The minimum atomic E-state index is -5.38. The topological polar surface area (TPSA) is 151 Å². The van der Waals surface area contributed by atoms with Gasteiger partial charge in [-0.15, -0.1) is 4.28 Å². The van der Waals surface area contributed by atoms with Crippen LogP contribution in [0.1, 0.15) is 12.8 Å². The summed E-state index contributed by atoms with van der Waals surface area (Å²) in [5.74, 6) is 0.807. The van der Waals surface area contributed by atoms with Crippen LogP contribution < -0.4 is 5.84 Å². The Bertz CT molecular complexity index is 681. The number of hydrogen-bond acceptors (Lipinski definition) is 7. The third-order valence-electron chi connectivity index (χ3n) is 3.48. The van der Waals surface area contributed by atoms with Gasteiger partial charge in [-0.1, -0.05) is 0 Å². The lowest BCUT2D eigenvalue weighted by Gasteiger charge is -2.31. The number of imide groups is 1. The van der Waals surface area contributed by atoms with Crippen molar-refractivity contribution in [3.63, 3.8) is 0 Å². The standard InChI is InChI=1S/C9H11F3N4O7S/c10-9(11,12)7(18)15(13)6(17)5-2-1-4-3-14(5)8(19)16(4)23-24(20,21)22/h4-5H,1-3,13H2,(H,20,21,22)/t4-,5+/m1/s1. The van der Waals surface area contributed by atoms with Gasteiger partial charge in [-0.3, -0.25) is 14.1 Å². The Kier molecular flexibility index (Phi) is 4.47. The Balaban J connectivity index is 2.17. The van der Waals surface area contributed by atoms with Crippen molar-refractivity contribution in [1.82, 2.24) is 15.0 Å². The summed E-state index contributed by atoms with van der Waals surface area (Å²) in [4.78, 5) is 35.7. The molecule has 0 saturated carbocycles. The van der Waals surface area contributed by atoms with E-state index < -0.39 is 51.5 Å². The number of carbonyl (C=O) groups is 3. The molecule has 0 unspecified atom stereocenters. The average Bonchev–Trinajstić information content (AvgIpc) is 2.68. The quantitative estimate of drug-likeness (QED) is 0.269. The second-order valence-corrected chi connectivity index (χ2v) is 6.03. The fourth-order valence-electron chi connectivity index (χ4n) is 2.49. The predicted octanol–water partition coefficient (Wildman–Crippen LogP) is -1.22. The van der Waals surface area contributed by atoms with E-state index >= 15 is 0 Å². The van der Waals surface area contributed by atoms with Gasteiger partial charge in [0.05, 0.1) is 6.04 Å². The highest BCUT2D eigenvalue weighted by Gasteiger charge is 2.52. The molecule has 136 valence electrons. The lowest BCUT2D eigenvalue weighted by Crippen LogP contribution is -2.57. The van der Waals surface area contributed by atoms with Gasteiger partial charge in [0, 0.05) is 6.54 Å². The van der Waals surface area contributed by atoms with Crippen LogP contribution in [-0.4, -0.2) is 70.6 Å². The number of nitrogens with two attached hydrogens (primary N) is 1. The molecular weight excluding hydrogens is 365 g/mol. The first-order valence-electron chi connectivity index (χ1n) is 6.29. The van der Waals surface area contributed by atoms with Crippen molar-refractivity contribution in [2.45, 2.75) is 31.1 Å². The number of halogens is 3. The van der Waals surface area contributed by atoms with Crippen molar-refractivity contribution in [2.75, 3.05) is 6.54 Å². The number of hydroxylamine groups is 2. The fourth-order valence-corrected chi connectivity index (χ4v) is 2.87. The van der Waals surface area contributed by atoms with Crippen molar-refractivity contribution in [3.8, 4) is 0 Å². The molecule has 2 heterocycles. The SMILES string of the molecule is NN(C(=O)[C@@H]1CC[C@@H]2CN1C(=O)N2OS(=O)(=O)O)C(=O)C(F)(F)F. The summed E-state index contributed by atoms with van der Waals surface area (Å²) < 4.78 is 71.0. The van der Waals surface area contributed by atoms with E-state index in [1.807, 2.05) is 0 Å². The number of nitrogens with zero attached hydrogens (tertiary/aromatic N) is 3. The van der Waals surface area contributed by atoms with Crippen LogP contribution in [0.5, 0.6) is 0 Å². The zero-order valence-electron chi connectivity index (χ0n) is 11.6. The molecule has 0 aromatic rings. The zero-order chi connectivity index (χ0) is 18.4. The first kappa shape index (κ1) is 18.4. The van der Waals surface area contributed by atoms with E-state index in [2.05, 4.69) is 4.28 Å². The van der Waals surface area contributed by atoms with Crippen LogP contribution in [0.15, 0.2) is 0 Å². The number of urea groups is 1. The van der Waals surface area contributed by atoms with E-state index in [9.17, 15) is 36.0 Å². The molecule has 2 fully saturated rings. The summed E-state index contributed by atoms with van der Waals surface area (Å²) in [7, 11) is -5.01. The lowest BCUT2D eigenvalue weighted by molar-refractivity contribution is -0.189. The first-order chi connectivity index (χ1) is 10.8. The number of carbonyl (C=O) groups excluding carboxylic acids is 3. The van der Waals surface area contributed by atoms with Gasteiger partial charge in [0.15, 0.2) is 0 Å². The first-order valence-corrected chi connectivity index (χ1v) is 7.66. The fraction of sp³-hybridized carbons (Fsp3) is 0.667. The van der Waals surface area contributed by atoms with Crippen LogP contribution in [0.4, 0.5) is 18.0 Å². The van der Waals surface area contributed by atoms with Gasteiger partial charge in [0.1, 0.15) is 6.04 Å². The van der Waals surface area contributed by atoms with Crippen LogP contribution in [0, 0.1) is 0 Å². The molecule has 24 heavy (non-hydrogen) atoms. The third-order valence-corrected chi connectivity index (χ3v) is 3.83. The van der Waals surface area contributed by atoms with Gasteiger partial charge in [0.2, 0.25) is 0 Å². The van der Waals surface area contributed by atoms with Crippen molar-refractivity contribution in [2.24, 2.45) is 5.84 Å². The van der Waals surface area contributed by atoms with E-state index in [1.165, 1.54) is 0 Å². The molecule has 0 aromatic heterocycles. The number of hydrogen-bond donors (Lipinski definition) is 2. The van der Waals surface area contributed by atoms with Gasteiger partial charge in [-0.25, -0.2) is 15.6 Å². The summed E-state index contributed by atoms with van der Waals surface area (Å²) in [5.41, 5.74) is 0. The van der Waals surface area contributed by atoms with Crippen LogP contribution in [0.2, 0.25) is 0 Å². The van der Waals surface area contributed by atoms with E-state index in [4.69, 9.17) is 10.4 Å². The van der Waals surface area contributed by atoms with Crippen molar-refractivity contribution < 1.29 is 44.8 Å². The zero-order valence-corrected chi connectivity index (χ0v) is 12.5. The number of hydrazine groups is 1. The molecule has 15 heteroatoms. The third kappa shape index (κ3) is 3.42. The second-order valence-electron chi connectivity index (χ2n) is 5.02. The molecule has 2 rings (SSSR count). The molecule has 2 aliphatic rings. The molecule has 2 saturated heterocycles. The Morgan fingerprint density at radius 2 is 1.92 bits per heavy atom. The molecule has 2 bridgehead atoms. The number of fused-ring (bicyclic) bond motifs is 2. The van der Waals surface area contributed by atoms with Crippen LogP contribution >= 0.6 is 0 Å². The molecule has 0 spiro atoms. The van der Waals surface area contributed by atoms with Gasteiger partial charge in [-0.2, -0.15) is 26.7 Å². The van der Waals surface area contributed by atoms with Crippen molar-refractivity contribution >= 4 is 28.2 Å². The van der Waals surface area contributed by atoms with Crippen LogP contribution in [-0.2, 0) is 24.3 Å². The van der Waals surface area contributed by atoms with Gasteiger partial charge >= 0.3 is 28.5 Å². The highest BCUT2D eigenvalue weighted by molar-refractivity contribution is 7.80. The van der Waals surface area contributed by atoms with Crippen LogP contribution in [0.25, 0.3) is 0 Å². The molecular formula is C9H11F3N4O7S. The predicted molar refractivity (Wildman–Crippen MR) is 65.5 cm³/mol. The largest absolute Gasteiger partial charge is 0.473 e. The minimum Gasteiger partial charge on any atom is -0.309 e. The summed E-state index contributed by atoms with van der Waals surface area (Å²) in [6.45, 7) is -0.251. The number of rotatable bonds is 3. The van der Waals surface area contributed by atoms with E-state index in [1.54, 1.807) is 0 Å². The molecule has 0 aliphatic carbocycles. The Labute approximate surface area is 132 Å². The van der Waals surface area contributed by atoms with Gasteiger partial charge in [0.25, 0.3) is 5.91 Å². The normalized spacial score (nSPS) is 24.3. The maximum absolute atomic E-state index is 12.3. The average molecular weight is 376 g/mol. The number of piperidine rings is 1. The summed E-state index contributed by atoms with van der Waals surface area (Å²) in [6.07, 6.45) is -5.58. The highest BCUT2D eigenvalue weighted by atomic mass is 32.3. The second kappa shape index (κ2) is 5.83. The molecule has 3 N–H and O–H groups in total. The smallest absolute Gasteiger partial charge is 0.309 e. The van der Waals surface area contributed by atoms with Crippen LogP contribution in [0.3, 0.4) is 0 Å². The molecule has 0 radical (unpaired) electrons. The highest BCUT2D eigenvalue weighted by Crippen LogP contribution is 2.31. The maximum Gasteiger partial charge on any atom is 0.473 e.